The summed E-state index contributed by atoms with van der Waals surface area (Å²) in [4.78, 5) is 63.7. The minimum absolute atomic E-state index is 0.170. The number of alkyl halides is 3. The molecule has 9 nitrogen and oxygen atoms in total. The largest absolute Gasteiger partial charge is 0.465 e. The molecule has 1 fully saturated rings. The van der Waals surface area contributed by atoms with Crippen molar-refractivity contribution in [3.63, 3.8) is 0 Å². The number of ether oxygens (including phenoxy) is 1. The van der Waals surface area contributed by atoms with E-state index in [1.807, 2.05) is 0 Å². The molecule has 1 heterocycles. The van der Waals surface area contributed by atoms with Crippen molar-refractivity contribution in [2.45, 2.75) is 64.8 Å². The number of benzene rings is 1. The minimum Gasteiger partial charge on any atom is -0.465 e. The number of hydrogen-bond acceptors (Lipinski definition) is 6. The Bertz CT molecular complexity index is 1020. The van der Waals surface area contributed by atoms with Gasteiger partial charge in [-0.1, -0.05) is 27.7 Å². The highest BCUT2D eigenvalue weighted by Crippen LogP contribution is 2.24. The first-order chi connectivity index (χ1) is 17.2. The average Bonchev–Trinajstić information content (AvgIpc) is 3.33. The predicted octanol–water partition coefficient (Wildman–Crippen LogP) is 2.49. The number of rotatable bonds is 9. The SMILES string of the molecule is COC(=O)c1ccc(C(=O)N[C@H](C(=O)N2CCCC2C(=O)NC(C(=O)C(F)(F)F)C(C)C)C(C)C)cc1. The fourth-order valence-corrected chi connectivity index (χ4v) is 4.06. The van der Waals surface area contributed by atoms with Gasteiger partial charge in [0.25, 0.3) is 11.7 Å². The number of Topliss-reactive ketones (excluding diaryl/α,β-unsaturated/α-hetero) is 1. The summed E-state index contributed by atoms with van der Waals surface area (Å²) in [6, 6.07) is 1.73. The van der Waals surface area contributed by atoms with Crippen molar-refractivity contribution in [3.8, 4) is 0 Å². The van der Waals surface area contributed by atoms with E-state index in [2.05, 4.69) is 15.4 Å². The van der Waals surface area contributed by atoms with Gasteiger partial charge in [-0.15, -0.1) is 0 Å². The van der Waals surface area contributed by atoms with Crippen molar-refractivity contribution in [1.82, 2.24) is 15.5 Å². The first kappa shape index (κ1) is 29.8. The molecule has 0 radical (unpaired) electrons. The third kappa shape index (κ3) is 7.30. The van der Waals surface area contributed by atoms with E-state index in [1.54, 1.807) is 13.8 Å². The highest BCUT2D eigenvalue weighted by molar-refractivity contribution is 6.00. The molecule has 1 aliphatic rings. The summed E-state index contributed by atoms with van der Waals surface area (Å²) in [5.41, 5.74) is 0.428. The predicted molar refractivity (Wildman–Crippen MR) is 126 cm³/mol. The topological polar surface area (TPSA) is 122 Å². The van der Waals surface area contributed by atoms with Gasteiger partial charge in [-0.3, -0.25) is 19.2 Å². The second kappa shape index (κ2) is 12.2. The number of carbonyl (C=O) groups is 5. The van der Waals surface area contributed by atoms with Crippen LogP contribution in [0.3, 0.4) is 0 Å². The van der Waals surface area contributed by atoms with Gasteiger partial charge in [0.15, 0.2) is 0 Å². The Morgan fingerprint density at radius 2 is 1.46 bits per heavy atom. The van der Waals surface area contributed by atoms with Crippen molar-refractivity contribution in [2.24, 2.45) is 11.8 Å². The maximum Gasteiger partial charge on any atom is 0.452 e. The van der Waals surface area contributed by atoms with Crippen molar-refractivity contribution in [2.75, 3.05) is 13.7 Å². The van der Waals surface area contributed by atoms with E-state index >= 15 is 0 Å². The van der Waals surface area contributed by atoms with Crippen LogP contribution in [0, 0.1) is 11.8 Å². The molecule has 0 aliphatic carbocycles. The van der Waals surface area contributed by atoms with E-state index in [9.17, 15) is 37.1 Å². The van der Waals surface area contributed by atoms with Crippen LogP contribution in [0.4, 0.5) is 13.2 Å². The van der Waals surface area contributed by atoms with Crippen LogP contribution in [0.25, 0.3) is 0 Å². The number of esters is 1. The lowest BCUT2D eigenvalue weighted by Gasteiger charge is -2.32. The van der Waals surface area contributed by atoms with Crippen LogP contribution in [0.2, 0.25) is 0 Å². The highest BCUT2D eigenvalue weighted by Gasteiger charge is 2.46. The van der Waals surface area contributed by atoms with E-state index in [0.717, 1.165) is 0 Å². The lowest BCUT2D eigenvalue weighted by atomic mass is 9.98. The summed E-state index contributed by atoms with van der Waals surface area (Å²) in [5.74, 6) is -5.83. The van der Waals surface area contributed by atoms with Gasteiger partial charge in [0, 0.05) is 12.1 Å². The normalized spacial score (nSPS) is 17.4. The molecular formula is C25H32F3N3O6. The number of methoxy groups -OCH3 is 1. The molecule has 1 aromatic carbocycles. The Hall–Kier alpha value is -3.44. The summed E-state index contributed by atoms with van der Waals surface area (Å²) in [5, 5.41) is 4.82. The lowest BCUT2D eigenvalue weighted by molar-refractivity contribution is -0.175. The Kier molecular flexibility index (Phi) is 9.82. The third-order valence-corrected chi connectivity index (χ3v) is 6.15. The molecule has 2 unspecified atom stereocenters. The van der Waals surface area contributed by atoms with Gasteiger partial charge in [0.05, 0.1) is 18.7 Å². The molecule has 12 heteroatoms. The minimum atomic E-state index is -5.12. The van der Waals surface area contributed by atoms with Gasteiger partial charge < -0.3 is 20.3 Å². The molecule has 37 heavy (non-hydrogen) atoms. The van der Waals surface area contributed by atoms with E-state index in [1.165, 1.54) is 50.1 Å². The fourth-order valence-electron chi connectivity index (χ4n) is 4.06. The number of nitrogens with one attached hydrogen (secondary N) is 2. The van der Waals surface area contributed by atoms with Gasteiger partial charge >= 0.3 is 12.1 Å². The van der Waals surface area contributed by atoms with Crippen molar-refractivity contribution in [1.29, 1.82) is 0 Å². The van der Waals surface area contributed by atoms with Crippen LogP contribution in [-0.2, 0) is 19.1 Å². The Morgan fingerprint density at radius 3 is 1.95 bits per heavy atom. The van der Waals surface area contributed by atoms with E-state index in [-0.39, 0.29) is 30.0 Å². The summed E-state index contributed by atoms with van der Waals surface area (Å²) in [6.45, 7) is 6.34. The van der Waals surface area contributed by atoms with E-state index < -0.39 is 59.7 Å². The molecule has 2 rings (SSSR count). The Labute approximate surface area is 213 Å². The van der Waals surface area contributed by atoms with Gasteiger partial charge in [-0.25, -0.2) is 4.79 Å². The molecular weight excluding hydrogens is 495 g/mol. The monoisotopic (exact) mass is 527 g/mol. The number of hydrogen-bond donors (Lipinski definition) is 2. The van der Waals surface area contributed by atoms with Crippen LogP contribution in [0.15, 0.2) is 24.3 Å². The molecule has 0 aromatic heterocycles. The third-order valence-electron chi connectivity index (χ3n) is 6.15. The second-order valence-electron chi connectivity index (χ2n) is 9.55. The zero-order valence-electron chi connectivity index (χ0n) is 21.3. The maximum absolute atomic E-state index is 13.4. The quantitative estimate of drug-likeness (QED) is 0.476. The Morgan fingerprint density at radius 1 is 0.919 bits per heavy atom. The first-order valence-corrected chi connectivity index (χ1v) is 11.9. The van der Waals surface area contributed by atoms with Gasteiger partial charge in [0.2, 0.25) is 11.8 Å². The van der Waals surface area contributed by atoms with Crippen molar-refractivity contribution < 1.29 is 41.9 Å². The van der Waals surface area contributed by atoms with Crippen molar-refractivity contribution >= 4 is 29.5 Å². The number of nitrogens with zero attached hydrogens (tertiary/aromatic N) is 1. The molecule has 0 saturated carbocycles. The molecule has 1 aromatic rings. The standard InChI is InChI=1S/C25H32F3N3O6/c1-13(2)18(20(32)25(26,27)28)29-22(34)17-7-6-12-31(17)23(35)19(14(3)4)30-21(33)15-8-10-16(11-9-15)24(36)37-5/h8-11,13-14,17-19H,6-7,12H2,1-5H3,(H,29,34)(H,30,33)/t17?,18?,19-/m0/s1. The van der Waals surface area contributed by atoms with Crippen LogP contribution < -0.4 is 10.6 Å². The molecule has 204 valence electrons. The number of ketones is 1. The second-order valence-corrected chi connectivity index (χ2v) is 9.55. The van der Waals surface area contributed by atoms with E-state index in [0.29, 0.717) is 6.42 Å². The molecule has 0 spiro atoms. The zero-order valence-corrected chi connectivity index (χ0v) is 21.3. The summed E-state index contributed by atoms with van der Waals surface area (Å²) >= 11 is 0. The van der Waals surface area contributed by atoms with Gasteiger partial charge in [-0.2, -0.15) is 13.2 Å². The maximum atomic E-state index is 13.4. The average molecular weight is 528 g/mol. The first-order valence-electron chi connectivity index (χ1n) is 11.9. The molecule has 1 saturated heterocycles. The molecule has 0 bridgehead atoms. The number of likely N-dealkylation sites (tertiary alicyclic amines) is 1. The Balaban J connectivity index is 2.17. The number of halogens is 3. The highest BCUT2D eigenvalue weighted by atomic mass is 19.4. The number of amides is 3. The van der Waals surface area contributed by atoms with Crippen LogP contribution in [-0.4, -0.2) is 72.3 Å². The summed E-state index contributed by atoms with van der Waals surface area (Å²) in [7, 11) is 1.23. The van der Waals surface area contributed by atoms with Gasteiger partial charge in [0.1, 0.15) is 12.1 Å². The zero-order chi connectivity index (χ0) is 28.1. The summed E-state index contributed by atoms with van der Waals surface area (Å²) < 4.78 is 43.6. The van der Waals surface area contributed by atoms with Crippen LogP contribution in [0.1, 0.15) is 61.3 Å². The lowest BCUT2D eigenvalue weighted by Crippen LogP contribution is -2.58. The summed E-state index contributed by atoms with van der Waals surface area (Å²) in [6.07, 6.45) is -4.48. The fraction of sp³-hybridized carbons (Fsp3) is 0.560. The molecule has 3 atom stereocenters. The molecule has 2 N–H and O–H groups in total. The number of carbonyl (C=O) groups excluding carboxylic acids is 5. The van der Waals surface area contributed by atoms with Gasteiger partial charge in [-0.05, 0) is 48.9 Å². The molecule has 3 amide bonds. The van der Waals surface area contributed by atoms with Crippen molar-refractivity contribution in [3.05, 3.63) is 35.4 Å². The molecule has 1 aliphatic heterocycles. The smallest absolute Gasteiger partial charge is 0.452 e. The van der Waals surface area contributed by atoms with E-state index in [4.69, 9.17) is 0 Å². The van der Waals surface area contributed by atoms with Crippen LogP contribution in [0.5, 0.6) is 0 Å². The van der Waals surface area contributed by atoms with Crippen LogP contribution >= 0.6 is 0 Å².